The SMILES string of the molecule is Cc1ccc(-c2cccc3c(N)c4c(O)n(C5CCC5)cc4nc23)cn1. The second-order valence-electron chi connectivity index (χ2n) is 7.12. The van der Waals surface area contributed by atoms with E-state index in [2.05, 4.69) is 11.1 Å². The Bertz CT molecular complexity index is 1140. The van der Waals surface area contributed by atoms with Gasteiger partial charge in [-0.15, -0.1) is 0 Å². The van der Waals surface area contributed by atoms with Gasteiger partial charge in [0.1, 0.15) is 0 Å². The van der Waals surface area contributed by atoms with Gasteiger partial charge in [0, 0.05) is 40.6 Å². The largest absolute Gasteiger partial charge is 0.494 e. The quantitative estimate of drug-likeness (QED) is 0.558. The molecule has 26 heavy (non-hydrogen) atoms. The van der Waals surface area contributed by atoms with Gasteiger partial charge in [0.2, 0.25) is 5.88 Å². The minimum atomic E-state index is 0.235. The Balaban J connectivity index is 1.80. The van der Waals surface area contributed by atoms with Crippen LogP contribution in [-0.4, -0.2) is 19.6 Å². The van der Waals surface area contributed by atoms with Gasteiger partial charge >= 0.3 is 0 Å². The van der Waals surface area contributed by atoms with Crippen LogP contribution < -0.4 is 5.73 Å². The Labute approximate surface area is 151 Å². The fourth-order valence-electron chi connectivity index (χ4n) is 3.78. The summed E-state index contributed by atoms with van der Waals surface area (Å²) in [5, 5.41) is 12.2. The van der Waals surface area contributed by atoms with Gasteiger partial charge in [-0.3, -0.25) is 4.98 Å². The molecule has 5 rings (SSSR count). The minimum Gasteiger partial charge on any atom is -0.494 e. The van der Waals surface area contributed by atoms with Crippen LogP contribution in [0.5, 0.6) is 5.88 Å². The Hall–Kier alpha value is -3.08. The molecule has 1 aromatic carbocycles. The summed E-state index contributed by atoms with van der Waals surface area (Å²) in [6.07, 6.45) is 7.19. The minimum absolute atomic E-state index is 0.235. The lowest BCUT2D eigenvalue weighted by molar-refractivity contribution is 0.283. The predicted molar refractivity (Wildman–Crippen MR) is 104 cm³/mol. The van der Waals surface area contributed by atoms with Crippen LogP contribution in [-0.2, 0) is 0 Å². The predicted octanol–water partition coefficient (Wildman–Crippen LogP) is 4.57. The van der Waals surface area contributed by atoms with Crippen molar-refractivity contribution in [1.82, 2.24) is 14.5 Å². The fraction of sp³-hybridized carbons (Fsp3) is 0.238. The van der Waals surface area contributed by atoms with Crippen LogP contribution in [0.2, 0.25) is 0 Å². The molecule has 0 amide bonds. The summed E-state index contributed by atoms with van der Waals surface area (Å²) in [4.78, 5) is 9.27. The molecule has 0 spiro atoms. The third kappa shape index (κ3) is 2.10. The fourth-order valence-corrected chi connectivity index (χ4v) is 3.78. The molecule has 0 atom stereocenters. The van der Waals surface area contributed by atoms with Crippen LogP contribution >= 0.6 is 0 Å². The highest BCUT2D eigenvalue weighted by Crippen LogP contribution is 2.43. The molecule has 4 aromatic rings. The first kappa shape index (κ1) is 15.2. The summed E-state index contributed by atoms with van der Waals surface area (Å²) >= 11 is 0. The van der Waals surface area contributed by atoms with Gasteiger partial charge in [0.05, 0.1) is 22.1 Å². The topological polar surface area (TPSA) is 77.0 Å². The van der Waals surface area contributed by atoms with Crippen molar-refractivity contribution in [2.75, 3.05) is 5.73 Å². The van der Waals surface area contributed by atoms with Crippen LogP contribution in [0.1, 0.15) is 31.0 Å². The number of anilines is 1. The molecule has 0 aliphatic heterocycles. The van der Waals surface area contributed by atoms with Crippen molar-refractivity contribution in [2.45, 2.75) is 32.2 Å². The lowest BCUT2D eigenvalue weighted by Crippen LogP contribution is -2.15. The number of benzene rings is 1. The molecule has 1 fully saturated rings. The van der Waals surface area contributed by atoms with Crippen LogP contribution in [0.25, 0.3) is 32.9 Å². The number of rotatable bonds is 2. The maximum Gasteiger partial charge on any atom is 0.203 e. The molecule has 1 saturated carbocycles. The molecule has 3 N–H and O–H groups in total. The Kier molecular flexibility index (Phi) is 3.19. The summed E-state index contributed by atoms with van der Waals surface area (Å²) in [6, 6.07) is 10.4. The number of pyridine rings is 2. The van der Waals surface area contributed by atoms with Crippen molar-refractivity contribution < 1.29 is 5.11 Å². The second kappa shape index (κ2) is 5.46. The second-order valence-corrected chi connectivity index (χ2v) is 7.12. The molecule has 5 heteroatoms. The van der Waals surface area contributed by atoms with Crippen molar-refractivity contribution in [3.63, 3.8) is 0 Å². The number of para-hydroxylation sites is 1. The van der Waals surface area contributed by atoms with Gasteiger partial charge < -0.3 is 15.4 Å². The molecule has 0 unspecified atom stereocenters. The van der Waals surface area contributed by atoms with E-state index in [0.717, 1.165) is 46.1 Å². The van der Waals surface area contributed by atoms with Gasteiger partial charge in [-0.2, -0.15) is 0 Å². The smallest absolute Gasteiger partial charge is 0.203 e. The molecule has 1 aliphatic carbocycles. The number of hydrogen-bond acceptors (Lipinski definition) is 4. The zero-order valence-corrected chi connectivity index (χ0v) is 14.6. The number of nitrogens with two attached hydrogens (primary N) is 1. The molecular formula is C21H20N4O. The number of fused-ring (bicyclic) bond motifs is 2. The van der Waals surface area contributed by atoms with Crippen LogP contribution in [0.4, 0.5) is 5.69 Å². The molecule has 0 saturated heterocycles. The Morgan fingerprint density at radius 3 is 2.73 bits per heavy atom. The van der Waals surface area contributed by atoms with E-state index in [4.69, 9.17) is 10.7 Å². The van der Waals surface area contributed by atoms with Crippen molar-refractivity contribution in [3.05, 3.63) is 48.4 Å². The maximum absolute atomic E-state index is 10.7. The average molecular weight is 344 g/mol. The van der Waals surface area contributed by atoms with Crippen molar-refractivity contribution in [3.8, 4) is 17.0 Å². The normalized spacial score (nSPS) is 14.8. The standard InChI is InChI=1S/C21H20N4O/c1-12-8-9-13(10-23-12)15-6-3-7-16-19(22)18-17(24-20(15)16)11-25(21(18)26)14-4-2-5-14/h3,6-11,14,26H,2,4-5,22H2,1H3. The number of nitrogens with zero attached hydrogens (tertiary/aromatic N) is 3. The molecular weight excluding hydrogens is 324 g/mol. The number of nitrogen functional groups attached to an aromatic ring is 1. The van der Waals surface area contributed by atoms with Crippen molar-refractivity contribution in [2.24, 2.45) is 0 Å². The van der Waals surface area contributed by atoms with Crippen LogP contribution in [0.15, 0.2) is 42.7 Å². The molecule has 130 valence electrons. The van der Waals surface area contributed by atoms with E-state index in [9.17, 15) is 5.11 Å². The maximum atomic E-state index is 10.7. The highest BCUT2D eigenvalue weighted by Gasteiger charge is 2.25. The third-order valence-corrected chi connectivity index (χ3v) is 5.50. The Morgan fingerprint density at radius 1 is 1.19 bits per heavy atom. The van der Waals surface area contributed by atoms with E-state index in [1.807, 2.05) is 48.1 Å². The number of hydrogen-bond donors (Lipinski definition) is 2. The summed E-state index contributed by atoms with van der Waals surface area (Å²) < 4.78 is 1.93. The first-order chi connectivity index (χ1) is 12.6. The van der Waals surface area contributed by atoms with Gasteiger partial charge in [-0.1, -0.05) is 24.3 Å². The summed E-state index contributed by atoms with van der Waals surface area (Å²) in [7, 11) is 0. The van der Waals surface area contributed by atoms with E-state index in [1.165, 1.54) is 6.42 Å². The molecule has 3 heterocycles. The van der Waals surface area contributed by atoms with Gasteiger partial charge in [0.25, 0.3) is 0 Å². The third-order valence-electron chi connectivity index (χ3n) is 5.50. The molecule has 3 aromatic heterocycles. The van der Waals surface area contributed by atoms with E-state index in [0.29, 0.717) is 17.1 Å². The van der Waals surface area contributed by atoms with Crippen LogP contribution in [0, 0.1) is 6.92 Å². The highest BCUT2D eigenvalue weighted by atomic mass is 16.3. The summed E-state index contributed by atoms with van der Waals surface area (Å²) in [5.74, 6) is 0.235. The lowest BCUT2D eigenvalue weighted by Gasteiger charge is -2.27. The zero-order valence-electron chi connectivity index (χ0n) is 14.6. The molecule has 0 radical (unpaired) electrons. The monoisotopic (exact) mass is 344 g/mol. The van der Waals surface area contributed by atoms with Crippen molar-refractivity contribution in [1.29, 1.82) is 0 Å². The molecule has 1 aliphatic rings. The first-order valence-corrected chi connectivity index (χ1v) is 8.98. The number of aromatic nitrogens is 3. The lowest BCUT2D eigenvalue weighted by atomic mass is 9.93. The summed E-state index contributed by atoms with van der Waals surface area (Å²) in [6.45, 7) is 1.97. The molecule has 5 nitrogen and oxygen atoms in total. The van der Waals surface area contributed by atoms with Crippen molar-refractivity contribution >= 4 is 27.5 Å². The van der Waals surface area contributed by atoms with E-state index in [-0.39, 0.29) is 5.88 Å². The average Bonchev–Trinajstić information content (AvgIpc) is 2.91. The Morgan fingerprint density at radius 2 is 2.04 bits per heavy atom. The van der Waals surface area contributed by atoms with Crippen LogP contribution in [0.3, 0.4) is 0 Å². The van der Waals surface area contributed by atoms with Gasteiger partial charge in [-0.05, 0) is 32.3 Å². The van der Waals surface area contributed by atoms with Gasteiger partial charge in [-0.25, -0.2) is 4.98 Å². The first-order valence-electron chi connectivity index (χ1n) is 8.98. The molecule has 0 bridgehead atoms. The van der Waals surface area contributed by atoms with E-state index in [1.54, 1.807) is 0 Å². The number of aryl methyl sites for hydroxylation is 1. The summed E-state index contributed by atoms with van der Waals surface area (Å²) in [5.41, 5.74) is 11.6. The van der Waals surface area contributed by atoms with E-state index < -0.39 is 0 Å². The van der Waals surface area contributed by atoms with E-state index >= 15 is 0 Å². The van der Waals surface area contributed by atoms with Gasteiger partial charge in [0.15, 0.2) is 0 Å². The highest BCUT2D eigenvalue weighted by molar-refractivity contribution is 6.12. The number of aromatic hydroxyl groups is 1. The zero-order chi connectivity index (χ0) is 17.8.